The van der Waals surface area contributed by atoms with Gasteiger partial charge in [0.2, 0.25) is 5.91 Å². The van der Waals surface area contributed by atoms with Crippen molar-refractivity contribution in [3.8, 4) is 28.7 Å². The number of nitrogens with zero attached hydrogens (tertiary/aromatic N) is 4. The summed E-state index contributed by atoms with van der Waals surface area (Å²) in [5, 5.41) is 7.83. The fourth-order valence-corrected chi connectivity index (χ4v) is 5.36. The predicted molar refractivity (Wildman–Crippen MR) is 137 cm³/mol. The molecule has 1 aliphatic rings. The number of nitrogens with one attached hydrogen (secondary N) is 1. The first-order valence-corrected chi connectivity index (χ1v) is 12.2. The minimum absolute atomic E-state index is 0.107. The van der Waals surface area contributed by atoms with Crippen molar-refractivity contribution in [2.24, 2.45) is 0 Å². The fourth-order valence-electron chi connectivity index (χ4n) is 4.24. The number of aromatic nitrogens is 4. The molecule has 0 spiro atoms. The summed E-state index contributed by atoms with van der Waals surface area (Å²) in [6.07, 6.45) is 0. The number of rotatable bonds is 5. The molecule has 0 aliphatic carbocycles. The summed E-state index contributed by atoms with van der Waals surface area (Å²) in [7, 11) is 3.23. The quantitative estimate of drug-likeness (QED) is 0.435. The van der Waals surface area contributed by atoms with Crippen LogP contribution in [0.25, 0.3) is 17.2 Å². The molecule has 0 saturated heterocycles. The molecule has 8 nitrogen and oxygen atoms in total. The van der Waals surface area contributed by atoms with Gasteiger partial charge in [0.15, 0.2) is 11.5 Å². The average molecular weight is 488 g/mol. The Hall–Kier alpha value is -3.85. The number of hydrogen-bond donors (Lipinski definition) is 1. The third-order valence-electron chi connectivity index (χ3n) is 5.74. The topological polar surface area (TPSA) is 91.2 Å². The lowest BCUT2D eigenvalue weighted by Gasteiger charge is -2.18. The molecule has 2 aromatic carbocycles. The van der Waals surface area contributed by atoms with Gasteiger partial charge in [0.05, 0.1) is 30.9 Å². The van der Waals surface area contributed by atoms with Crippen LogP contribution in [-0.4, -0.2) is 45.6 Å². The van der Waals surface area contributed by atoms with Crippen LogP contribution in [-0.2, 0) is 4.79 Å². The maximum Gasteiger partial charge on any atom is 0.252 e. The van der Waals surface area contributed by atoms with Crippen LogP contribution in [0.2, 0.25) is 0 Å². The number of carbonyl (C=O) groups is 1. The highest BCUT2D eigenvalue weighted by atomic mass is 32.2. The summed E-state index contributed by atoms with van der Waals surface area (Å²) in [5.41, 5.74) is 5.21. The van der Waals surface area contributed by atoms with Gasteiger partial charge in [-0.3, -0.25) is 4.79 Å². The summed E-state index contributed by atoms with van der Waals surface area (Å²) in [5.74, 6) is 2.44. The standard InChI is InChI=1S/C26H25N5O3S/c1-15-12-16(2)28-26(27-15)31-25-22(23(30-31)17-8-6-5-7-9-17)24(35-14-21(32)29-25)18-10-11-19(33-3)20(13-18)34-4/h5-13,24H,14H2,1-4H3,(H,29,32)/t24-/m1/s1. The van der Waals surface area contributed by atoms with Crippen LogP contribution in [0.5, 0.6) is 11.5 Å². The van der Waals surface area contributed by atoms with Gasteiger partial charge >= 0.3 is 0 Å². The Morgan fingerprint density at radius 3 is 2.37 bits per heavy atom. The van der Waals surface area contributed by atoms with Gasteiger partial charge in [0.1, 0.15) is 5.82 Å². The van der Waals surface area contributed by atoms with Gasteiger partial charge in [-0.25, -0.2) is 9.97 Å². The molecule has 5 rings (SSSR count). The third kappa shape index (κ3) is 4.35. The van der Waals surface area contributed by atoms with Crippen molar-refractivity contribution in [1.82, 2.24) is 19.7 Å². The fraction of sp³-hybridized carbons (Fsp3) is 0.231. The monoisotopic (exact) mass is 487 g/mol. The molecule has 2 aromatic heterocycles. The van der Waals surface area contributed by atoms with Crippen LogP contribution in [0.3, 0.4) is 0 Å². The maximum absolute atomic E-state index is 12.9. The molecular weight excluding hydrogens is 462 g/mol. The second-order valence-electron chi connectivity index (χ2n) is 8.19. The van der Waals surface area contributed by atoms with E-state index in [1.807, 2.05) is 68.4 Å². The molecule has 1 amide bonds. The summed E-state index contributed by atoms with van der Waals surface area (Å²) < 4.78 is 12.7. The highest BCUT2D eigenvalue weighted by molar-refractivity contribution is 8.00. The van der Waals surface area contributed by atoms with Crippen LogP contribution in [0.1, 0.15) is 27.8 Å². The van der Waals surface area contributed by atoms with Gasteiger partial charge in [-0.1, -0.05) is 36.4 Å². The van der Waals surface area contributed by atoms with Crippen LogP contribution in [0, 0.1) is 13.8 Å². The van der Waals surface area contributed by atoms with Crippen molar-refractivity contribution in [1.29, 1.82) is 0 Å². The number of fused-ring (bicyclic) bond motifs is 1. The van der Waals surface area contributed by atoms with E-state index in [4.69, 9.17) is 14.6 Å². The molecule has 4 aromatic rings. The van der Waals surface area contributed by atoms with Crippen LogP contribution in [0.15, 0.2) is 54.6 Å². The second-order valence-corrected chi connectivity index (χ2v) is 9.29. The van der Waals surface area contributed by atoms with Crippen molar-refractivity contribution in [2.45, 2.75) is 19.1 Å². The van der Waals surface area contributed by atoms with E-state index in [2.05, 4.69) is 15.3 Å². The molecule has 0 saturated carbocycles. The molecule has 0 unspecified atom stereocenters. The lowest BCUT2D eigenvalue weighted by atomic mass is 9.99. The molecular formula is C26H25N5O3S. The zero-order chi connectivity index (χ0) is 24.5. The van der Waals surface area contributed by atoms with Gasteiger partial charge < -0.3 is 14.8 Å². The van der Waals surface area contributed by atoms with Crippen molar-refractivity contribution in [3.05, 3.63) is 77.1 Å². The Morgan fingerprint density at radius 2 is 1.69 bits per heavy atom. The number of methoxy groups -OCH3 is 2. The number of hydrogen-bond acceptors (Lipinski definition) is 7. The van der Waals surface area contributed by atoms with Crippen molar-refractivity contribution in [3.63, 3.8) is 0 Å². The molecule has 35 heavy (non-hydrogen) atoms. The number of amides is 1. The first kappa shape index (κ1) is 22.9. The van der Waals surface area contributed by atoms with Gasteiger partial charge in [-0.05, 0) is 37.6 Å². The smallest absolute Gasteiger partial charge is 0.252 e. The van der Waals surface area contributed by atoms with E-state index in [1.54, 1.807) is 30.7 Å². The number of carbonyl (C=O) groups excluding carboxylic acids is 1. The van der Waals surface area contributed by atoms with E-state index in [-0.39, 0.29) is 16.9 Å². The molecule has 1 aliphatic heterocycles. The van der Waals surface area contributed by atoms with Gasteiger partial charge in [-0.2, -0.15) is 9.78 Å². The van der Waals surface area contributed by atoms with Crippen molar-refractivity contribution >= 4 is 23.5 Å². The number of aryl methyl sites for hydroxylation is 2. The maximum atomic E-state index is 12.9. The zero-order valence-electron chi connectivity index (χ0n) is 19.9. The Bertz CT molecular complexity index is 1380. The number of benzene rings is 2. The summed E-state index contributed by atoms with van der Waals surface area (Å²) in [6, 6.07) is 17.7. The Kier molecular flexibility index (Phi) is 6.17. The van der Waals surface area contributed by atoms with Crippen molar-refractivity contribution in [2.75, 3.05) is 25.3 Å². The van der Waals surface area contributed by atoms with E-state index in [0.717, 1.165) is 33.8 Å². The first-order chi connectivity index (χ1) is 17.0. The number of anilines is 1. The second kappa shape index (κ2) is 9.42. The molecule has 3 heterocycles. The Balaban J connectivity index is 1.78. The van der Waals surface area contributed by atoms with E-state index < -0.39 is 0 Å². The molecule has 0 radical (unpaired) electrons. The van der Waals surface area contributed by atoms with Gasteiger partial charge in [0.25, 0.3) is 5.95 Å². The highest BCUT2D eigenvalue weighted by Crippen LogP contribution is 2.47. The van der Waals surface area contributed by atoms with E-state index in [0.29, 0.717) is 23.3 Å². The highest BCUT2D eigenvalue weighted by Gasteiger charge is 2.33. The third-order valence-corrected chi connectivity index (χ3v) is 7.01. The van der Waals surface area contributed by atoms with Crippen molar-refractivity contribution < 1.29 is 14.3 Å². The van der Waals surface area contributed by atoms with Crippen LogP contribution < -0.4 is 14.8 Å². The molecule has 1 N–H and O–H groups in total. The van der Waals surface area contributed by atoms with Gasteiger partial charge in [-0.15, -0.1) is 11.8 Å². The lowest BCUT2D eigenvalue weighted by Crippen LogP contribution is -2.17. The Labute approximate surface area is 207 Å². The minimum Gasteiger partial charge on any atom is -0.493 e. The largest absolute Gasteiger partial charge is 0.493 e. The predicted octanol–water partition coefficient (Wildman–Crippen LogP) is 4.74. The summed E-state index contributed by atoms with van der Waals surface area (Å²) in [4.78, 5) is 22.1. The molecule has 1 atom stereocenters. The van der Waals surface area contributed by atoms with Crippen LogP contribution >= 0.6 is 11.8 Å². The first-order valence-electron chi connectivity index (χ1n) is 11.1. The van der Waals surface area contributed by atoms with Crippen LogP contribution in [0.4, 0.5) is 5.82 Å². The summed E-state index contributed by atoms with van der Waals surface area (Å²) in [6.45, 7) is 3.83. The molecule has 0 fully saturated rings. The van der Waals surface area contributed by atoms with Gasteiger partial charge in [0, 0.05) is 22.5 Å². The lowest BCUT2D eigenvalue weighted by molar-refractivity contribution is -0.113. The number of thioether (sulfide) groups is 1. The van der Waals surface area contributed by atoms with E-state index in [1.165, 1.54) is 0 Å². The normalized spacial score (nSPS) is 15.2. The molecule has 9 heteroatoms. The molecule has 0 bridgehead atoms. The summed E-state index contributed by atoms with van der Waals surface area (Å²) >= 11 is 1.54. The number of ether oxygens (including phenoxy) is 2. The minimum atomic E-state index is -0.196. The SMILES string of the molecule is COc1ccc([C@H]2SCC(=O)Nc3c2c(-c2ccccc2)nn3-c2nc(C)cc(C)n2)cc1OC. The zero-order valence-corrected chi connectivity index (χ0v) is 20.7. The van der Waals surface area contributed by atoms with E-state index >= 15 is 0 Å². The average Bonchev–Trinajstić information content (AvgIpc) is 3.13. The molecule has 178 valence electrons. The Morgan fingerprint density at radius 1 is 0.971 bits per heavy atom. The van der Waals surface area contributed by atoms with E-state index in [9.17, 15) is 4.79 Å².